The number of methoxy groups -OCH3 is 1. The van der Waals surface area contributed by atoms with Crippen molar-refractivity contribution in [3.63, 3.8) is 0 Å². The molecule has 2 N–H and O–H groups in total. The van der Waals surface area contributed by atoms with Gasteiger partial charge in [-0.05, 0) is 12.1 Å². The fourth-order valence-corrected chi connectivity index (χ4v) is 1.83. The van der Waals surface area contributed by atoms with Crippen molar-refractivity contribution in [1.82, 2.24) is 5.32 Å². The molecule has 0 spiro atoms. The molecule has 17 heavy (non-hydrogen) atoms. The van der Waals surface area contributed by atoms with E-state index in [0.29, 0.717) is 0 Å². The summed E-state index contributed by atoms with van der Waals surface area (Å²) in [5.41, 5.74) is 1.05. The summed E-state index contributed by atoms with van der Waals surface area (Å²) >= 11 is 0. The highest BCUT2D eigenvalue weighted by Gasteiger charge is 2.14. The lowest BCUT2D eigenvalue weighted by atomic mass is 10.2. The SMILES string of the molecule is Br.Br.COc1cc(O)ccc1N1CCNCC1. The minimum Gasteiger partial charge on any atom is -0.508 e. The number of hydrogen-bond acceptors (Lipinski definition) is 4. The average Bonchev–Trinajstić information content (AvgIpc) is 2.30. The Morgan fingerprint density at radius 2 is 1.88 bits per heavy atom. The molecule has 1 aliphatic heterocycles. The Balaban J connectivity index is 0.00000128. The molecule has 0 unspecified atom stereocenters. The quantitative estimate of drug-likeness (QED) is 0.836. The highest BCUT2D eigenvalue weighted by molar-refractivity contribution is 8.93. The minimum atomic E-state index is 0. The summed E-state index contributed by atoms with van der Waals surface area (Å²) in [5.74, 6) is 0.975. The van der Waals surface area contributed by atoms with Crippen LogP contribution in [-0.4, -0.2) is 38.4 Å². The largest absolute Gasteiger partial charge is 0.508 e. The standard InChI is InChI=1S/C11H16N2O2.2BrH/c1-15-11-8-9(14)2-3-10(11)13-6-4-12-5-7-13;;/h2-3,8,12,14H,4-7H2,1H3;2*1H. The zero-order valence-electron chi connectivity index (χ0n) is 9.68. The smallest absolute Gasteiger partial charge is 0.145 e. The van der Waals surface area contributed by atoms with Crippen LogP contribution in [0.25, 0.3) is 0 Å². The van der Waals surface area contributed by atoms with Gasteiger partial charge in [-0.1, -0.05) is 0 Å². The van der Waals surface area contributed by atoms with Gasteiger partial charge in [-0.3, -0.25) is 0 Å². The Morgan fingerprint density at radius 3 is 2.47 bits per heavy atom. The molecule has 0 amide bonds. The first-order chi connectivity index (χ1) is 7.31. The van der Waals surface area contributed by atoms with Gasteiger partial charge in [0, 0.05) is 32.2 Å². The molecule has 6 heteroatoms. The fourth-order valence-electron chi connectivity index (χ4n) is 1.83. The van der Waals surface area contributed by atoms with Gasteiger partial charge < -0.3 is 20.1 Å². The van der Waals surface area contributed by atoms with E-state index >= 15 is 0 Å². The van der Waals surface area contributed by atoms with Crippen molar-refractivity contribution in [3.8, 4) is 11.5 Å². The number of phenolic OH excluding ortho intramolecular Hbond substituents is 1. The second-order valence-corrected chi connectivity index (χ2v) is 3.59. The molecule has 0 atom stereocenters. The second kappa shape index (κ2) is 7.79. The van der Waals surface area contributed by atoms with Crippen LogP contribution < -0.4 is 15.0 Å². The van der Waals surface area contributed by atoms with E-state index in [9.17, 15) is 5.11 Å². The predicted octanol–water partition coefficient (Wildman–Crippen LogP) is 1.97. The summed E-state index contributed by atoms with van der Waals surface area (Å²) in [6.45, 7) is 3.93. The van der Waals surface area contributed by atoms with Crippen LogP contribution in [0.15, 0.2) is 18.2 Å². The van der Waals surface area contributed by atoms with Crippen LogP contribution in [0.5, 0.6) is 11.5 Å². The third-order valence-electron chi connectivity index (χ3n) is 2.62. The third-order valence-corrected chi connectivity index (χ3v) is 2.62. The van der Waals surface area contributed by atoms with E-state index in [1.54, 1.807) is 19.2 Å². The molecule has 4 nitrogen and oxygen atoms in total. The highest BCUT2D eigenvalue weighted by atomic mass is 79.9. The number of anilines is 1. The monoisotopic (exact) mass is 368 g/mol. The van der Waals surface area contributed by atoms with Crippen molar-refractivity contribution in [3.05, 3.63) is 18.2 Å². The normalized spacial score (nSPS) is 14.5. The Hall–Kier alpha value is -0.460. The Labute approximate surface area is 122 Å². The zero-order chi connectivity index (χ0) is 10.7. The van der Waals surface area contributed by atoms with Crippen LogP contribution in [0, 0.1) is 0 Å². The summed E-state index contributed by atoms with van der Waals surface area (Å²) in [4.78, 5) is 2.26. The number of phenols is 1. The molecular formula is C11H18Br2N2O2. The number of halogens is 2. The number of hydrogen-bond donors (Lipinski definition) is 2. The van der Waals surface area contributed by atoms with Crippen molar-refractivity contribution in [2.24, 2.45) is 0 Å². The lowest BCUT2D eigenvalue weighted by Gasteiger charge is -2.30. The van der Waals surface area contributed by atoms with Crippen molar-refractivity contribution in [2.45, 2.75) is 0 Å². The van der Waals surface area contributed by atoms with Crippen molar-refractivity contribution in [1.29, 1.82) is 0 Å². The van der Waals surface area contributed by atoms with Gasteiger partial charge in [-0.25, -0.2) is 0 Å². The van der Waals surface area contributed by atoms with Crippen LogP contribution in [0.1, 0.15) is 0 Å². The van der Waals surface area contributed by atoms with E-state index in [1.807, 2.05) is 6.07 Å². The lowest BCUT2D eigenvalue weighted by molar-refractivity contribution is 0.406. The van der Waals surface area contributed by atoms with Crippen LogP contribution >= 0.6 is 34.0 Å². The zero-order valence-corrected chi connectivity index (χ0v) is 13.1. The number of ether oxygens (including phenoxy) is 1. The average molecular weight is 370 g/mol. The Kier molecular flexibility index (Phi) is 7.58. The Bertz CT molecular complexity index is 344. The predicted molar refractivity (Wildman–Crippen MR) is 80.4 cm³/mol. The van der Waals surface area contributed by atoms with Gasteiger partial charge in [0.2, 0.25) is 0 Å². The van der Waals surface area contributed by atoms with Crippen LogP contribution in [0.3, 0.4) is 0 Å². The summed E-state index contributed by atoms with van der Waals surface area (Å²) in [6.07, 6.45) is 0. The maximum Gasteiger partial charge on any atom is 0.145 e. The van der Waals surface area contributed by atoms with Gasteiger partial charge in [0.1, 0.15) is 11.5 Å². The molecular weight excluding hydrogens is 352 g/mol. The topological polar surface area (TPSA) is 44.7 Å². The number of benzene rings is 1. The van der Waals surface area contributed by atoms with E-state index in [1.165, 1.54) is 0 Å². The van der Waals surface area contributed by atoms with E-state index in [4.69, 9.17) is 4.74 Å². The molecule has 1 saturated heterocycles. The van der Waals surface area contributed by atoms with Gasteiger partial charge in [0.25, 0.3) is 0 Å². The molecule has 1 fully saturated rings. The van der Waals surface area contributed by atoms with Crippen LogP contribution in [0.2, 0.25) is 0 Å². The molecule has 0 bridgehead atoms. The molecule has 0 aliphatic carbocycles. The first kappa shape index (κ1) is 16.5. The van der Waals surface area contributed by atoms with E-state index in [2.05, 4.69) is 10.2 Å². The van der Waals surface area contributed by atoms with Gasteiger partial charge in [-0.2, -0.15) is 0 Å². The van der Waals surface area contributed by atoms with E-state index < -0.39 is 0 Å². The molecule has 0 saturated carbocycles. The van der Waals surface area contributed by atoms with Gasteiger partial charge in [0.05, 0.1) is 12.8 Å². The van der Waals surface area contributed by atoms with Crippen LogP contribution in [-0.2, 0) is 0 Å². The maximum atomic E-state index is 9.36. The summed E-state index contributed by atoms with van der Waals surface area (Å²) in [5, 5.41) is 12.7. The number of aromatic hydroxyl groups is 1. The number of rotatable bonds is 2. The first-order valence-electron chi connectivity index (χ1n) is 5.14. The molecule has 1 heterocycles. The molecule has 1 aromatic rings. The van der Waals surface area contributed by atoms with Crippen molar-refractivity contribution >= 4 is 39.7 Å². The Morgan fingerprint density at radius 1 is 1.24 bits per heavy atom. The van der Waals surface area contributed by atoms with Gasteiger partial charge in [0.15, 0.2) is 0 Å². The molecule has 2 rings (SSSR count). The third kappa shape index (κ3) is 4.04. The van der Waals surface area contributed by atoms with E-state index in [0.717, 1.165) is 37.6 Å². The summed E-state index contributed by atoms with van der Waals surface area (Å²) in [7, 11) is 1.63. The maximum absolute atomic E-state index is 9.36. The van der Waals surface area contributed by atoms with Gasteiger partial charge >= 0.3 is 0 Å². The second-order valence-electron chi connectivity index (χ2n) is 3.59. The highest BCUT2D eigenvalue weighted by Crippen LogP contribution is 2.31. The summed E-state index contributed by atoms with van der Waals surface area (Å²) in [6, 6.07) is 5.25. The molecule has 1 aliphatic rings. The van der Waals surface area contributed by atoms with Crippen molar-refractivity contribution in [2.75, 3.05) is 38.2 Å². The summed E-state index contributed by atoms with van der Waals surface area (Å²) < 4.78 is 5.26. The number of piperazine rings is 1. The van der Waals surface area contributed by atoms with Crippen LogP contribution in [0.4, 0.5) is 5.69 Å². The first-order valence-corrected chi connectivity index (χ1v) is 5.14. The van der Waals surface area contributed by atoms with Crippen molar-refractivity contribution < 1.29 is 9.84 Å². The van der Waals surface area contributed by atoms with E-state index in [-0.39, 0.29) is 39.7 Å². The molecule has 1 aromatic carbocycles. The fraction of sp³-hybridized carbons (Fsp3) is 0.455. The van der Waals surface area contributed by atoms with Gasteiger partial charge in [-0.15, -0.1) is 34.0 Å². The molecule has 0 aromatic heterocycles. The minimum absolute atomic E-state index is 0. The number of nitrogens with zero attached hydrogens (tertiary/aromatic N) is 1. The number of nitrogens with one attached hydrogen (secondary N) is 1. The molecule has 98 valence electrons. The lowest BCUT2D eigenvalue weighted by Crippen LogP contribution is -2.43. The molecule has 0 radical (unpaired) electrons.